The maximum Gasteiger partial charge on any atom is 0.276 e. The zero-order valence-corrected chi connectivity index (χ0v) is 14.6. The Morgan fingerprint density at radius 3 is 2.70 bits per heavy atom. The van der Waals surface area contributed by atoms with Crippen LogP contribution in [-0.2, 0) is 0 Å². The third kappa shape index (κ3) is 4.44. The van der Waals surface area contributed by atoms with Crippen LogP contribution < -0.4 is 11.1 Å². The van der Waals surface area contributed by atoms with Gasteiger partial charge in [0.25, 0.3) is 5.91 Å². The van der Waals surface area contributed by atoms with Crippen molar-refractivity contribution >= 4 is 28.3 Å². The van der Waals surface area contributed by atoms with Gasteiger partial charge in [-0.25, -0.2) is 9.97 Å². The molecule has 0 aromatic carbocycles. The zero-order chi connectivity index (χ0) is 17.0. The van der Waals surface area contributed by atoms with Crippen LogP contribution in [0.15, 0.2) is 6.07 Å². The fourth-order valence-corrected chi connectivity index (χ4v) is 2.92. The highest BCUT2D eigenvalue weighted by Crippen LogP contribution is 2.26. The highest BCUT2D eigenvalue weighted by Gasteiger charge is 2.16. The molecule has 0 saturated heterocycles. The van der Waals surface area contributed by atoms with Crippen molar-refractivity contribution in [3.63, 3.8) is 0 Å². The lowest BCUT2D eigenvalue weighted by Crippen LogP contribution is -2.16. The number of rotatable bonds is 6. The summed E-state index contributed by atoms with van der Waals surface area (Å²) >= 11 is 1.39. The first-order valence-electron chi connectivity index (χ1n) is 7.69. The van der Waals surface area contributed by atoms with Gasteiger partial charge in [0.2, 0.25) is 11.1 Å². The fourth-order valence-electron chi connectivity index (χ4n) is 2.10. The highest BCUT2D eigenvalue weighted by atomic mass is 32.1. The number of nitrogens with two attached hydrogens (primary N) is 1. The van der Waals surface area contributed by atoms with Crippen molar-refractivity contribution in [1.29, 1.82) is 0 Å². The Hall–Kier alpha value is -2.09. The Kier molecular flexibility index (Phi) is 5.59. The number of carbonyl (C=O) groups excluding carboxylic acids is 1. The van der Waals surface area contributed by atoms with Gasteiger partial charge in [0.15, 0.2) is 0 Å². The van der Waals surface area contributed by atoms with Gasteiger partial charge < -0.3 is 5.73 Å². The van der Waals surface area contributed by atoms with Gasteiger partial charge in [-0.05, 0) is 18.4 Å². The van der Waals surface area contributed by atoms with Gasteiger partial charge in [-0.3, -0.25) is 10.1 Å². The fraction of sp³-hybridized carbons (Fsp3) is 0.533. The monoisotopic (exact) mass is 334 g/mol. The van der Waals surface area contributed by atoms with E-state index in [0.717, 1.165) is 23.5 Å². The van der Waals surface area contributed by atoms with Gasteiger partial charge in [-0.1, -0.05) is 45.5 Å². The summed E-state index contributed by atoms with van der Waals surface area (Å²) < 4.78 is 0. The Morgan fingerprint density at radius 2 is 2.04 bits per heavy atom. The molecule has 0 unspecified atom stereocenters. The summed E-state index contributed by atoms with van der Waals surface area (Å²) in [6.07, 6.45) is 2.13. The van der Waals surface area contributed by atoms with E-state index in [1.807, 2.05) is 13.8 Å². The van der Waals surface area contributed by atoms with Gasteiger partial charge in [0.05, 0.1) is 0 Å². The molecule has 2 heterocycles. The summed E-state index contributed by atoms with van der Waals surface area (Å²) in [5.41, 5.74) is 6.65. The lowest BCUT2D eigenvalue weighted by atomic mass is 10.1. The summed E-state index contributed by atoms with van der Waals surface area (Å²) in [4.78, 5) is 20.5. The number of hydrogen-bond acceptors (Lipinski definition) is 7. The second-order valence-corrected chi connectivity index (χ2v) is 6.79. The highest BCUT2D eigenvalue weighted by molar-refractivity contribution is 7.15. The second-order valence-electron chi connectivity index (χ2n) is 5.78. The molecule has 23 heavy (non-hydrogen) atoms. The summed E-state index contributed by atoms with van der Waals surface area (Å²) in [6.45, 7) is 8.20. The number of aromatic nitrogens is 4. The number of nitrogens with zero attached hydrogens (tertiary/aromatic N) is 4. The minimum absolute atomic E-state index is 0.0934. The standard InChI is InChI=1S/C15H22N6OS/c1-5-6-9(4)13-20-21-15(23-13)19-12(22)11-7-10(8(2)3)17-14(16)18-11/h7-9H,5-6H2,1-4H3,(H2,16,17,18)(H,19,21,22)/t9-/m0/s1. The van der Waals surface area contributed by atoms with E-state index in [2.05, 4.69) is 39.3 Å². The van der Waals surface area contributed by atoms with Gasteiger partial charge in [0, 0.05) is 11.6 Å². The topological polar surface area (TPSA) is 107 Å². The van der Waals surface area contributed by atoms with Crippen molar-refractivity contribution in [3.8, 4) is 0 Å². The molecule has 0 bridgehead atoms. The minimum atomic E-state index is -0.355. The molecule has 8 heteroatoms. The first-order chi connectivity index (χ1) is 10.9. The van der Waals surface area contributed by atoms with Crippen LogP contribution in [0.5, 0.6) is 0 Å². The Labute approximate surface area is 139 Å². The van der Waals surface area contributed by atoms with Crippen molar-refractivity contribution in [2.45, 2.75) is 52.4 Å². The molecular weight excluding hydrogens is 312 g/mol. The first-order valence-corrected chi connectivity index (χ1v) is 8.51. The lowest BCUT2D eigenvalue weighted by Gasteiger charge is -2.07. The molecule has 124 valence electrons. The molecule has 1 amide bonds. The molecule has 0 aliphatic heterocycles. The largest absolute Gasteiger partial charge is 0.368 e. The molecule has 2 rings (SSSR count). The van der Waals surface area contributed by atoms with Crippen LogP contribution in [0.2, 0.25) is 0 Å². The molecule has 1 atom stereocenters. The van der Waals surface area contributed by atoms with Crippen molar-refractivity contribution in [1.82, 2.24) is 20.2 Å². The van der Waals surface area contributed by atoms with E-state index < -0.39 is 0 Å². The van der Waals surface area contributed by atoms with Crippen LogP contribution in [-0.4, -0.2) is 26.1 Å². The summed E-state index contributed by atoms with van der Waals surface area (Å²) in [7, 11) is 0. The van der Waals surface area contributed by atoms with Gasteiger partial charge in [-0.2, -0.15) is 0 Å². The number of carbonyl (C=O) groups is 1. The average Bonchev–Trinajstić information content (AvgIpc) is 2.95. The molecule has 0 radical (unpaired) electrons. The molecular formula is C15H22N6OS. The summed E-state index contributed by atoms with van der Waals surface area (Å²) in [5, 5.41) is 12.3. The molecule has 0 spiro atoms. The smallest absolute Gasteiger partial charge is 0.276 e. The molecule has 2 aromatic rings. The quantitative estimate of drug-likeness (QED) is 0.840. The molecule has 0 aliphatic rings. The van der Waals surface area contributed by atoms with Crippen molar-refractivity contribution in [2.75, 3.05) is 11.1 Å². The molecule has 7 nitrogen and oxygen atoms in total. The Morgan fingerprint density at radius 1 is 1.30 bits per heavy atom. The van der Waals surface area contributed by atoms with Crippen LogP contribution in [0.4, 0.5) is 11.1 Å². The predicted octanol–water partition coefficient (Wildman–Crippen LogP) is 3.19. The molecule has 2 aromatic heterocycles. The van der Waals surface area contributed by atoms with E-state index in [0.29, 0.717) is 11.0 Å². The summed E-state index contributed by atoms with van der Waals surface area (Å²) in [6, 6.07) is 1.65. The number of nitrogen functional groups attached to an aromatic ring is 1. The first kappa shape index (κ1) is 17.3. The van der Waals surface area contributed by atoms with E-state index in [4.69, 9.17) is 5.73 Å². The van der Waals surface area contributed by atoms with E-state index in [-0.39, 0.29) is 23.5 Å². The van der Waals surface area contributed by atoms with Gasteiger partial charge in [0.1, 0.15) is 10.7 Å². The van der Waals surface area contributed by atoms with Crippen molar-refractivity contribution in [3.05, 3.63) is 22.5 Å². The van der Waals surface area contributed by atoms with E-state index in [1.165, 1.54) is 11.3 Å². The lowest BCUT2D eigenvalue weighted by molar-refractivity contribution is 0.102. The maximum atomic E-state index is 12.3. The van der Waals surface area contributed by atoms with Crippen LogP contribution in [0.3, 0.4) is 0 Å². The predicted molar refractivity (Wildman–Crippen MR) is 91.7 cm³/mol. The van der Waals surface area contributed by atoms with Crippen molar-refractivity contribution in [2.24, 2.45) is 0 Å². The van der Waals surface area contributed by atoms with E-state index in [9.17, 15) is 4.79 Å². The number of anilines is 2. The Balaban J connectivity index is 2.13. The van der Waals surface area contributed by atoms with Crippen LogP contribution in [0, 0.1) is 0 Å². The SMILES string of the molecule is CCC[C@H](C)c1nnc(NC(=O)c2cc(C(C)C)nc(N)n2)s1. The second kappa shape index (κ2) is 7.45. The maximum absolute atomic E-state index is 12.3. The normalized spacial score (nSPS) is 12.4. The van der Waals surface area contributed by atoms with Crippen LogP contribution in [0.25, 0.3) is 0 Å². The van der Waals surface area contributed by atoms with Crippen molar-refractivity contribution < 1.29 is 4.79 Å². The van der Waals surface area contributed by atoms with Crippen LogP contribution >= 0.6 is 11.3 Å². The van der Waals surface area contributed by atoms with E-state index >= 15 is 0 Å². The van der Waals surface area contributed by atoms with E-state index in [1.54, 1.807) is 6.07 Å². The number of amides is 1. The van der Waals surface area contributed by atoms with Crippen LogP contribution in [0.1, 0.15) is 73.6 Å². The molecule has 0 aliphatic carbocycles. The number of hydrogen-bond donors (Lipinski definition) is 2. The minimum Gasteiger partial charge on any atom is -0.368 e. The molecule has 0 fully saturated rings. The summed E-state index contributed by atoms with van der Waals surface area (Å²) in [5.74, 6) is 0.239. The molecule has 3 N–H and O–H groups in total. The zero-order valence-electron chi connectivity index (χ0n) is 13.8. The Bertz CT molecular complexity index is 684. The molecule has 0 saturated carbocycles. The number of nitrogens with one attached hydrogen (secondary N) is 1. The third-order valence-electron chi connectivity index (χ3n) is 3.39. The van der Waals surface area contributed by atoms with Gasteiger partial charge >= 0.3 is 0 Å². The van der Waals surface area contributed by atoms with Gasteiger partial charge in [-0.15, -0.1) is 10.2 Å². The average molecular weight is 334 g/mol. The third-order valence-corrected chi connectivity index (χ3v) is 4.46.